The summed E-state index contributed by atoms with van der Waals surface area (Å²) in [5.41, 5.74) is 0.828. The average Bonchev–Trinajstić information content (AvgIpc) is 2.86. The van der Waals surface area contributed by atoms with E-state index in [1.807, 2.05) is 0 Å². The molecule has 1 unspecified atom stereocenters. The first kappa shape index (κ1) is 15.9. The fourth-order valence-corrected chi connectivity index (χ4v) is 3.32. The summed E-state index contributed by atoms with van der Waals surface area (Å²) in [5, 5.41) is 2.77. The lowest BCUT2D eigenvalue weighted by molar-refractivity contribution is -0.122. The fourth-order valence-electron chi connectivity index (χ4n) is 2.40. The van der Waals surface area contributed by atoms with Crippen molar-refractivity contribution in [1.82, 2.24) is 9.62 Å². The summed E-state index contributed by atoms with van der Waals surface area (Å²) >= 11 is 0. The summed E-state index contributed by atoms with van der Waals surface area (Å²) in [7, 11) is -3.16. The maximum absolute atomic E-state index is 12.7. The van der Waals surface area contributed by atoms with E-state index in [2.05, 4.69) is 5.32 Å². The number of hydrogen-bond donors (Lipinski definition) is 1. The smallest absolute Gasteiger partial charge is 0.220 e. The fraction of sp³-hybridized carbons (Fsp3) is 0.500. The van der Waals surface area contributed by atoms with E-state index in [0.29, 0.717) is 32.5 Å². The van der Waals surface area contributed by atoms with Crippen LogP contribution in [-0.4, -0.2) is 38.0 Å². The van der Waals surface area contributed by atoms with Crippen LogP contribution in [0, 0.1) is 11.7 Å². The van der Waals surface area contributed by atoms with Gasteiger partial charge in [0, 0.05) is 26.1 Å². The quantitative estimate of drug-likeness (QED) is 0.885. The molecular weight excluding hydrogens is 295 g/mol. The van der Waals surface area contributed by atoms with Crippen molar-refractivity contribution in [2.75, 3.05) is 19.3 Å². The summed E-state index contributed by atoms with van der Waals surface area (Å²) in [6.07, 6.45) is 2.20. The zero-order valence-corrected chi connectivity index (χ0v) is 12.7. The van der Waals surface area contributed by atoms with Crippen LogP contribution in [0.2, 0.25) is 0 Å². The normalized spacial score (nSPS) is 19.6. The first-order valence-electron chi connectivity index (χ1n) is 6.81. The van der Waals surface area contributed by atoms with Gasteiger partial charge in [0.25, 0.3) is 0 Å². The second kappa shape index (κ2) is 6.53. The van der Waals surface area contributed by atoms with E-state index >= 15 is 0 Å². The van der Waals surface area contributed by atoms with Crippen molar-refractivity contribution in [1.29, 1.82) is 0 Å². The van der Waals surface area contributed by atoms with Crippen molar-refractivity contribution >= 4 is 15.9 Å². The topological polar surface area (TPSA) is 66.5 Å². The molecule has 21 heavy (non-hydrogen) atoms. The molecule has 0 aromatic heterocycles. The molecule has 2 rings (SSSR count). The highest BCUT2D eigenvalue weighted by Gasteiger charge is 2.29. The molecular formula is C14H19FN2O3S. The number of amides is 1. The number of carbonyl (C=O) groups excluding carboxylic acids is 1. The van der Waals surface area contributed by atoms with Gasteiger partial charge in [-0.15, -0.1) is 0 Å². The lowest BCUT2D eigenvalue weighted by atomic mass is 10.0. The monoisotopic (exact) mass is 314 g/mol. The molecule has 0 bridgehead atoms. The highest BCUT2D eigenvalue weighted by atomic mass is 32.2. The Hall–Kier alpha value is -1.47. The van der Waals surface area contributed by atoms with Crippen molar-refractivity contribution in [3.63, 3.8) is 0 Å². The zero-order valence-electron chi connectivity index (χ0n) is 11.9. The summed E-state index contributed by atoms with van der Waals surface area (Å²) in [5.74, 6) is -0.357. The third-order valence-corrected chi connectivity index (χ3v) is 4.86. The third kappa shape index (κ3) is 4.78. The van der Waals surface area contributed by atoms with Crippen LogP contribution in [0.4, 0.5) is 4.39 Å². The van der Waals surface area contributed by atoms with E-state index in [9.17, 15) is 17.6 Å². The van der Waals surface area contributed by atoms with Crippen molar-refractivity contribution in [2.45, 2.75) is 19.4 Å². The number of benzene rings is 1. The van der Waals surface area contributed by atoms with Crippen molar-refractivity contribution in [2.24, 2.45) is 5.92 Å². The highest BCUT2D eigenvalue weighted by Crippen LogP contribution is 2.21. The molecule has 1 aliphatic rings. The first-order valence-corrected chi connectivity index (χ1v) is 8.65. The number of hydrogen-bond acceptors (Lipinski definition) is 3. The van der Waals surface area contributed by atoms with E-state index < -0.39 is 10.0 Å². The maximum atomic E-state index is 12.7. The molecule has 0 spiro atoms. The zero-order chi connectivity index (χ0) is 15.5. The third-order valence-electron chi connectivity index (χ3n) is 3.59. The molecule has 0 radical (unpaired) electrons. The summed E-state index contributed by atoms with van der Waals surface area (Å²) in [6.45, 7) is 1.24. The molecule has 1 saturated heterocycles. The molecule has 0 saturated carbocycles. The predicted molar refractivity (Wildman–Crippen MR) is 77.4 cm³/mol. The Morgan fingerprint density at radius 2 is 2.05 bits per heavy atom. The van der Waals surface area contributed by atoms with E-state index in [1.165, 1.54) is 22.7 Å². The van der Waals surface area contributed by atoms with Crippen LogP contribution >= 0.6 is 0 Å². The van der Waals surface area contributed by atoms with Gasteiger partial charge in [-0.25, -0.2) is 17.1 Å². The van der Waals surface area contributed by atoms with Gasteiger partial charge in [-0.3, -0.25) is 4.79 Å². The minimum Gasteiger partial charge on any atom is -0.352 e. The molecule has 5 nitrogen and oxygen atoms in total. The van der Waals surface area contributed by atoms with Gasteiger partial charge < -0.3 is 5.32 Å². The van der Waals surface area contributed by atoms with Crippen LogP contribution in [0.3, 0.4) is 0 Å². The van der Waals surface area contributed by atoms with E-state index in [4.69, 9.17) is 0 Å². The Bertz CT molecular complexity index is 601. The largest absolute Gasteiger partial charge is 0.352 e. The predicted octanol–water partition coefficient (Wildman–Crippen LogP) is 1.11. The molecule has 7 heteroatoms. The second-order valence-corrected chi connectivity index (χ2v) is 7.37. The minimum absolute atomic E-state index is 0.0629. The number of halogens is 1. The van der Waals surface area contributed by atoms with Crippen LogP contribution in [0.15, 0.2) is 24.3 Å². The first-order chi connectivity index (χ1) is 9.84. The minimum atomic E-state index is -3.16. The van der Waals surface area contributed by atoms with E-state index in [-0.39, 0.29) is 17.6 Å². The Morgan fingerprint density at radius 3 is 2.62 bits per heavy atom. The number of carbonyl (C=O) groups is 1. The molecule has 1 N–H and O–H groups in total. The van der Waals surface area contributed by atoms with Gasteiger partial charge in [-0.2, -0.15) is 0 Å². The Labute approximate surface area is 124 Å². The molecule has 0 aliphatic carbocycles. The maximum Gasteiger partial charge on any atom is 0.220 e. The summed E-state index contributed by atoms with van der Waals surface area (Å²) in [6, 6.07) is 5.94. The molecule has 1 atom stereocenters. The van der Waals surface area contributed by atoms with Crippen LogP contribution in [0.25, 0.3) is 0 Å². The summed E-state index contributed by atoms with van der Waals surface area (Å²) in [4.78, 5) is 11.8. The van der Waals surface area contributed by atoms with Crippen molar-refractivity contribution in [3.8, 4) is 0 Å². The van der Waals surface area contributed by atoms with Crippen molar-refractivity contribution < 1.29 is 17.6 Å². The lowest BCUT2D eigenvalue weighted by Crippen LogP contribution is -2.29. The lowest BCUT2D eigenvalue weighted by Gasteiger charge is -2.13. The second-order valence-electron chi connectivity index (χ2n) is 5.38. The number of sulfonamides is 1. The highest BCUT2D eigenvalue weighted by molar-refractivity contribution is 7.88. The SMILES string of the molecule is CS(=O)(=O)N1CCC(CC(=O)NCc2ccc(F)cc2)C1. The van der Waals surface area contributed by atoms with E-state index in [0.717, 1.165) is 5.56 Å². The average molecular weight is 314 g/mol. The molecule has 1 aliphatic heterocycles. The van der Waals surface area contributed by atoms with E-state index in [1.54, 1.807) is 12.1 Å². The Balaban J connectivity index is 1.77. The number of nitrogens with one attached hydrogen (secondary N) is 1. The van der Waals surface area contributed by atoms with Crippen LogP contribution in [0.5, 0.6) is 0 Å². The van der Waals surface area contributed by atoms with Crippen LogP contribution < -0.4 is 5.32 Å². The number of nitrogens with zero attached hydrogens (tertiary/aromatic N) is 1. The summed E-state index contributed by atoms with van der Waals surface area (Å²) < 4.78 is 37.0. The molecule has 116 valence electrons. The van der Waals surface area contributed by atoms with Crippen LogP contribution in [-0.2, 0) is 21.4 Å². The van der Waals surface area contributed by atoms with Gasteiger partial charge in [-0.05, 0) is 30.0 Å². The van der Waals surface area contributed by atoms with Crippen LogP contribution in [0.1, 0.15) is 18.4 Å². The van der Waals surface area contributed by atoms with Gasteiger partial charge >= 0.3 is 0 Å². The number of rotatable bonds is 5. The standard InChI is InChI=1S/C14H19FN2O3S/c1-21(19,20)17-7-6-12(10-17)8-14(18)16-9-11-2-4-13(15)5-3-11/h2-5,12H,6-10H2,1H3,(H,16,18). The molecule has 1 aromatic carbocycles. The molecule has 1 heterocycles. The molecule has 1 amide bonds. The van der Waals surface area contributed by atoms with Gasteiger partial charge in [0.05, 0.1) is 6.26 Å². The Kier molecular flexibility index (Phi) is 4.95. The molecule has 1 fully saturated rings. The Morgan fingerprint density at radius 1 is 1.38 bits per heavy atom. The van der Waals surface area contributed by atoms with Gasteiger partial charge in [0.15, 0.2) is 0 Å². The van der Waals surface area contributed by atoms with Gasteiger partial charge in [-0.1, -0.05) is 12.1 Å². The molecule has 1 aromatic rings. The van der Waals surface area contributed by atoms with Crippen molar-refractivity contribution in [3.05, 3.63) is 35.6 Å². The van der Waals surface area contributed by atoms with Gasteiger partial charge in [0.1, 0.15) is 5.82 Å². The van der Waals surface area contributed by atoms with Gasteiger partial charge in [0.2, 0.25) is 15.9 Å².